The predicted molar refractivity (Wildman–Crippen MR) is 103 cm³/mol. The number of hydrogen-bond acceptors (Lipinski definition) is 6. The van der Waals surface area contributed by atoms with Crippen molar-refractivity contribution in [1.29, 1.82) is 0 Å². The minimum atomic E-state index is -0.0561. The fourth-order valence-corrected chi connectivity index (χ4v) is 3.94. The molecule has 5 nitrogen and oxygen atoms in total. The number of aromatic nitrogens is 2. The van der Waals surface area contributed by atoms with Gasteiger partial charge in [0.15, 0.2) is 5.82 Å². The third kappa shape index (κ3) is 5.17. The van der Waals surface area contributed by atoms with Gasteiger partial charge >= 0.3 is 0 Å². The van der Waals surface area contributed by atoms with Gasteiger partial charge < -0.3 is 9.84 Å². The van der Waals surface area contributed by atoms with Gasteiger partial charge in [0.05, 0.1) is 5.69 Å². The second-order valence-electron chi connectivity index (χ2n) is 5.68. The molecular formula is C18H19N3O2S2. The van der Waals surface area contributed by atoms with Crippen LogP contribution in [0.25, 0.3) is 10.6 Å². The van der Waals surface area contributed by atoms with Gasteiger partial charge in [-0.05, 0) is 13.8 Å². The van der Waals surface area contributed by atoms with E-state index < -0.39 is 0 Å². The van der Waals surface area contributed by atoms with Crippen molar-refractivity contribution < 1.29 is 9.32 Å². The molecule has 130 valence electrons. The molecule has 0 spiro atoms. The SMILES string of the molecule is Cc1ccc(-c2nc(CSCCC(=O)Nc3cc(C)on3)cs2)cc1. The van der Waals surface area contributed by atoms with E-state index in [1.165, 1.54) is 5.56 Å². The van der Waals surface area contributed by atoms with Crippen LogP contribution in [0.15, 0.2) is 40.2 Å². The molecule has 1 N–H and O–H groups in total. The average molecular weight is 374 g/mol. The fourth-order valence-electron chi connectivity index (χ4n) is 2.17. The lowest BCUT2D eigenvalue weighted by molar-refractivity contribution is -0.115. The molecular weight excluding hydrogens is 354 g/mol. The first-order valence-corrected chi connectivity index (χ1v) is 9.96. The predicted octanol–water partition coefficient (Wildman–Crippen LogP) is 4.68. The van der Waals surface area contributed by atoms with E-state index >= 15 is 0 Å². The minimum Gasteiger partial charge on any atom is -0.360 e. The Balaban J connectivity index is 1.42. The van der Waals surface area contributed by atoms with Crippen LogP contribution in [0.5, 0.6) is 0 Å². The molecule has 3 rings (SSSR count). The second-order valence-corrected chi connectivity index (χ2v) is 7.65. The fraction of sp³-hybridized carbons (Fsp3) is 0.278. The summed E-state index contributed by atoms with van der Waals surface area (Å²) in [5.41, 5.74) is 3.45. The van der Waals surface area contributed by atoms with Gasteiger partial charge in [0, 0.05) is 34.9 Å². The summed E-state index contributed by atoms with van der Waals surface area (Å²) in [4.78, 5) is 16.5. The van der Waals surface area contributed by atoms with E-state index in [1.54, 1.807) is 36.1 Å². The number of rotatable bonds is 7. The van der Waals surface area contributed by atoms with Crippen molar-refractivity contribution in [2.24, 2.45) is 0 Å². The summed E-state index contributed by atoms with van der Waals surface area (Å²) in [6.07, 6.45) is 0.436. The highest BCUT2D eigenvalue weighted by molar-refractivity contribution is 7.98. The zero-order valence-electron chi connectivity index (χ0n) is 14.1. The molecule has 0 radical (unpaired) electrons. The van der Waals surface area contributed by atoms with Gasteiger partial charge in [0.1, 0.15) is 10.8 Å². The lowest BCUT2D eigenvalue weighted by atomic mass is 10.2. The van der Waals surface area contributed by atoms with E-state index in [4.69, 9.17) is 4.52 Å². The number of carbonyl (C=O) groups is 1. The van der Waals surface area contributed by atoms with Gasteiger partial charge in [-0.2, -0.15) is 11.8 Å². The number of benzene rings is 1. The molecule has 0 atom stereocenters. The molecule has 0 unspecified atom stereocenters. The molecule has 1 aromatic carbocycles. The highest BCUT2D eigenvalue weighted by Gasteiger charge is 2.08. The van der Waals surface area contributed by atoms with Crippen molar-refractivity contribution in [3.63, 3.8) is 0 Å². The Kier molecular flexibility index (Phi) is 5.88. The molecule has 0 aliphatic rings. The first-order valence-electron chi connectivity index (χ1n) is 7.92. The highest BCUT2D eigenvalue weighted by Crippen LogP contribution is 2.25. The summed E-state index contributed by atoms with van der Waals surface area (Å²) in [7, 11) is 0. The quantitative estimate of drug-likeness (QED) is 0.609. The number of nitrogens with zero attached hydrogens (tertiary/aromatic N) is 2. The maximum Gasteiger partial charge on any atom is 0.226 e. The molecule has 0 fully saturated rings. The monoisotopic (exact) mass is 373 g/mol. The van der Waals surface area contributed by atoms with Crippen LogP contribution in [-0.2, 0) is 10.5 Å². The van der Waals surface area contributed by atoms with Crippen LogP contribution in [0.3, 0.4) is 0 Å². The van der Waals surface area contributed by atoms with E-state index in [-0.39, 0.29) is 5.91 Å². The van der Waals surface area contributed by atoms with Crippen LogP contribution in [0.1, 0.15) is 23.4 Å². The Labute approximate surface area is 154 Å². The van der Waals surface area contributed by atoms with Crippen LogP contribution in [-0.4, -0.2) is 21.8 Å². The number of amides is 1. The van der Waals surface area contributed by atoms with E-state index in [9.17, 15) is 4.79 Å². The zero-order chi connectivity index (χ0) is 17.6. The van der Waals surface area contributed by atoms with E-state index in [0.29, 0.717) is 18.0 Å². The second kappa shape index (κ2) is 8.31. The Morgan fingerprint density at radius 1 is 1.28 bits per heavy atom. The highest BCUT2D eigenvalue weighted by atomic mass is 32.2. The Morgan fingerprint density at radius 2 is 2.08 bits per heavy atom. The summed E-state index contributed by atoms with van der Waals surface area (Å²) < 4.78 is 4.92. The lowest BCUT2D eigenvalue weighted by Crippen LogP contribution is -2.12. The zero-order valence-corrected chi connectivity index (χ0v) is 15.7. The van der Waals surface area contributed by atoms with Gasteiger partial charge in [0.2, 0.25) is 5.91 Å². The maximum atomic E-state index is 11.8. The molecule has 1 amide bonds. The summed E-state index contributed by atoms with van der Waals surface area (Å²) in [6.45, 7) is 3.87. The van der Waals surface area contributed by atoms with Gasteiger partial charge in [-0.3, -0.25) is 4.79 Å². The van der Waals surface area contributed by atoms with Gasteiger partial charge in [-0.25, -0.2) is 4.98 Å². The molecule has 0 aliphatic carbocycles. The van der Waals surface area contributed by atoms with Crippen LogP contribution in [0, 0.1) is 13.8 Å². The van der Waals surface area contributed by atoms with E-state index in [0.717, 1.165) is 27.8 Å². The van der Waals surface area contributed by atoms with Gasteiger partial charge in [-0.1, -0.05) is 35.0 Å². The molecule has 0 saturated heterocycles. The first-order chi connectivity index (χ1) is 12.1. The topological polar surface area (TPSA) is 68.0 Å². The van der Waals surface area contributed by atoms with Gasteiger partial charge in [-0.15, -0.1) is 11.3 Å². The third-order valence-corrected chi connectivity index (χ3v) is 5.40. The number of nitrogens with one attached hydrogen (secondary N) is 1. The number of hydrogen-bond donors (Lipinski definition) is 1. The number of aryl methyl sites for hydroxylation is 2. The van der Waals surface area contributed by atoms with Crippen molar-refractivity contribution in [1.82, 2.24) is 10.1 Å². The standard InChI is InChI=1S/C18H19N3O2S2/c1-12-3-5-14(6-4-12)18-19-15(11-25-18)10-24-8-7-17(22)20-16-9-13(2)23-21-16/h3-6,9,11H,7-8,10H2,1-2H3,(H,20,21,22). The molecule has 0 bridgehead atoms. The minimum absolute atomic E-state index is 0.0561. The summed E-state index contributed by atoms with van der Waals surface area (Å²) in [5.74, 6) is 2.63. The summed E-state index contributed by atoms with van der Waals surface area (Å²) >= 11 is 3.36. The molecule has 0 saturated carbocycles. The Hall–Kier alpha value is -2.12. The largest absolute Gasteiger partial charge is 0.360 e. The van der Waals surface area contributed by atoms with Gasteiger partial charge in [0.25, 0.3) is 0 Å². The molecule has 25 heavy (non-hydrogen) atoms. The Morgan fingerprint density at radius 3 is 2.80 bits per heavy atom. The number of thiazole rings is 1. The smallest absolute Gasteiger partial charge is 0.226 e. The van der Waals surface area contributed by atoms with Crippen molar-refractivity contribution in [3.8, 4) is 10.6 Å². The molecule has 2 aromatic heterocycles. The van der Waals surface area contributed by atoms with E-state index in [1.807, 2.05) is 0 Å². The molecule has 3 aromatic rings. The maximum absolute atomic E-state index is 11.8. The number of carbonyl (C=O) groups excluding carboxylic acids is 1. The normalized spacial score (nSPS) is 10.8. The summed E-state index contributed by atoms with van der Waals surface area (Å²) in [6, 6.07) is 10.1. The first kappa shape index (κ1) is 17.7. The van der Waals surface area contributed by atoms with Crippen LogP contribution in [0.4, 0.5) is 5.82 Å². The van der Waals surface area contributed by atoms with Crippen molar-refractivity contribution in [2.75, 3.05) is 11.1 Å². The summed E-state index contributed by atoms with van der Waals surface area (Å²) in [5, 5.41) is 9.59. The third-order valence-electron chi connectivity index (χ3n) is 3.47. The molecule has 0 aliphatic heterocycles. The van der Waals surface area contributed by atoms with Crippen molar-refractivity contribution >= 4 is 34.8 Å². The lowest BCUT2D eigenvalue weighted by Gasteiger charge is -2.01. The van der Waals surface area contributed by atoms with Crippen LogP contribution >= 0.6 is 23.1 Å². The average Bonchev–Trinajstić information content (AvgIpc) is 3.21. The molecule has 7 heteroatoms. The number of anilines is 1. The van der Waals surface area contributed by atoms with Crippen LogP contribution in [0.2, 0.25) is 0 Å². The molecule has 2 heterocycles. The van der Waals surface area contributed by atoms with Crippen molar-refractivity contribution in [2.45, 2.75) is 26.0 Å². The number of thioether (sulfide) groups is 1. The van der Waals surface area contributed by atoms with Crippen LogP contribution < -0.4 is 5.32 Å². The van der Waals surface area contributed by atoms with Crippen molar-refractivity contribution in [3.05, 3.63) is 52.7 Å². The Bertz CT molecular complexity index is 840. The van der Waals surface area contributed by atoms with E-state index in [2.05, 4.69) is 52.0 Å².